The van der Waals surface area contributed by atoms with Gasteiger partial charge in [0, 0.05) is 10.8 Å². The van der Waals surface area contributed by atoms with E-state index in [-0.39, 0.29) is 5.75 Å². The Balaban J connectivity index is 2.92. The Morgan fingerprint density at radius 1 is 1.62 bits per heavy atom. The van der Waals surface area contributed by atoms with E-state index in [9.17, 15) is 0 Å². The van der Waals surface area contributed by atoms with E-state index in [1.165, 1.54) is 11.3 Å². The van der Waals surface area contributed by atoms with Gasteiger partial charge in [-0.3, -0.25) is 0 Å². The fourth-order valence-corrected chi connectivity index (χ4v) is 0.980. The molecule has 0 bridgehead atoms. The second-order valence-corrected chi connectivity index (χ2v) is 1.98. The molecule has 0 aliphatic carbocycles. The van der Waals surface area contributed by atoms with E-state index in [1.807, 2.05) is 0 Å². The fraction of sp³-hybridized carbons (Fsp3) is 0. The lowest BCUT2D eigenvalue weighted by Crippen LogP contribution is -1.99. The smallest absolute Gasteiger partial charge is 0.199 e. The van der Waals surface area contributed by atoms with Crippen LogP contribution in [-0.4, -0.2) is 5.11 Å². The van der Waals surface area contributed by atoms with Crippen LogP contribution in [0.4, 0.5) is 0 Å². The Bertz CT molecular complexity index is 174. The third-order valence-corrected chi connectivity index (χ3v) is 1.44. The molecule has 8 heavy (non-hydrogen) atoms. The first kappa shape index (κ1) is 5.40. The number of aromatic hydroxyl groups is 1. The highest BCUT2D eigenvalue weighted by Crippen LogP contribution is 2.28. The average molecular weight is 131 g/mol. The van der Waals surface area contributed by atoms with E-state index in [0.29, 0.717) is 5.75 Å². The van der Waals surface area contributed by atoms with Gasteiger partial charge in [-0.2, -0.15) is 5.90 Å². The van der Waals surface area contributed by atoms with Crippen molar-refractivity contribution in [2.24, 2.45) is 5.90 Å². The van der Waals surface area contributed by atoms with Crippen LogP contribution >= 0.6 is 11.3 Å². The normalized spacial score (nSPS) is 9.12. The van der Waals surface area contributed by atoms with E-state index in [0.717, 1.165) is 0 Å². The lowest BCUT2D eigenvalue weighted by Gasteiger charge is -1.90. The molecule has 0 amide bonds. The Morgan fingerprint density at radius 2 is 2.38 bits per heavy atom. The largest absolute Gasteiger partial charge is 0.504 e. The molecule has 0 radical (unpaired) electrons. The molecule has 1 aromatic heterocycles. The molecule has 0 aromatic carbocycles. The van der Waals surface area contributed by atoms with Gasteiger partial charge in [-0.25, -0.2) is 0 Å². The SMILES string of the molecule is NOc1cscc1O. The van der Waals surface area contributed by atoms with Crippen molar-refractivity contribution in [3.63, 3.8) is 0 Å². The molecule has 3 N–H and O–H groups in total. The summed E-state index contributed by atoms with van der Waals surface area (Å²) in [5.74, 6) is 5.17. The number of nitrogens with two attached hydrogens (primary N) is 1. The van der Waals surface area contributed by atoms with Gasteiger partial charge >= 0.3 is 0 Å². The van der Waals surface area contributed by atoms with Crippen LogP contribution < -0.4 is 10.7 Å². The predicted molar refractivity (Wildman–Crippen MR) is 30.8 cm³/mol. The van der Waals surface area contributed by atoms with Gasteiger partial charge in [0.05, 0.1) is 0 Å². The number of hydrogen-bond acceptors (Lipinski definition) is 4. The first-order valence-electron chi connectivity index (χ1n) is 1.96. The minimum Gasteiger partial charge on any atom is -0.504 e. The molecule has 1 heterocycles. The summed E-state index contributed by atoms with van der Waals surface area (Å²) in [6.45, 7) is 0. The van der Waals surface area contributed by atoms with Crippen molar-refractivity contribution in [1.29, 1.82) is 0 Å². The Morgan fingerprint density at radius 3 is 2.62 bits per heavy atom. The molecule has 3 nitrogen and oxygen atoms in total. The molecule has 1 aromatic rings. The Hall–Kier alpha value is -0.740. The predicted octanol–water partition coefficient (Wildman–Crippen LogP) is 0.706. The molecule has 0 saturated carbocycles. The molecular weight excluding hydrogens is 126 g/mol. The van der Waals surface area contributed by atoms with Crippen LogP contribution in [0.1, 0.15) is 0 Å². The van der Waals surface area contributed by atoms with Crippen LogP contribution in [0.25, 0.3) is 0 Å². The van der Waals surface area contributed by atoms with Gasteiger partial charge in [0.2, 0.25) is 0 Å². The van der Waals surface area contributed by atoms with Crippen LogP contribution in [0.2, 0.25) is 0 Å². The van der Waals surface area contributed by atoms with Gasteiger partial charge < -0.3 is 9.94 Å². The molecule has 0 aliphatic rings. The van der Waals surface area contributed by atoms with E-state index < -0.39 is 0 Å². The maximum Gasteiger partial charge on any atom is 0.199 e. The Labute approximate surface area is 50.3 Å². The van der Waals surface area contributed by atoms with E-state index >= 15 is 0 Å². The van der Waals surface area contributed by atoms with Gasteiger partial charge in [-0.15, -0.1) is 11.3 Å². The summed E-state index contributed by atoms with van der Waals surface area (Å²) in [7, 11) is 0. The lowest BCUT2D eigenvalue weighted by atomic mass is 10.6. The second kappa shape index (κ2) is 2.02. The summed E-state index contributed by atoms with van der Waals surface area (Å²) in [5, 5.41) is 11.9. The molecule has 4 heteroatoms. The third-order valence-electron chi connectivity index (χ3n) is 0.734. The number of hydrogen-bond donors (Lipinski definition) is 2. The van der Waals surface area contributed by atoms with Gasteiger partial charge in [0.1, 0.15) is 0 Å². The zero-order valence-electron chi connectivity index (χ0n) is 4.00. The zero-order chi connectivity index (χ0) is 5.98. The number of rotatable bonds is 1. The van der Waals surface area contributed by atoms with Crippen molar-refractivity contribution >= 4 is 11.3 Å². The third kappa shape index (κ3) is 0.753. The van der Waals surface area contributed by atoms with Gasteiger partial charge in [0.15, 0.2) is 11.5 Å². The zero-order valence-corrected chi connectivity index (χ0v) is 4.81. The molecule has 0 aliphatic heterocycles. The Kier molecular flexibility index (Phi) is 1.36. The lowest BCUT2D eigenvalue weighted by molar-refractivity contribution is 0.315. The summed E-state index contributed by atoms with van der Waals surface area (Å²) < 4.78 is 0. The topological polar surface area (TPSA) is 55.5 Å². The first-order valence-corrected chi connectivity index (χ1v) is 2.90. The standard InChI is InChI=1S/C4H5NO2S/c5-7-4-2-8-1-3(4)6/h1-2,6H,5H2. The summed E-state index contributed by atoms with van der Waals surface area (Å²) >= 11 is 1.34. The molecule has 0 saturated heterocycles. The molecular formula is C4H5NO2S. The molecule has 0 fully saturated rings. The molecule has 0 unspecified atom stereocenters. The van der Waals surface area contributed by atoms with E-state index in [1.54, 1.807) is 10.8 Å². The van der Waals surface area contributed by atoms with Crippen molar-refractivity contribution < 1.29 is 9.94 Å². The van der Waals surface area contributed by atoms with Crippen molar-refractivity contribution in [2.75, 3.05) is 0 Å². The van der Waals surface area contributed by atoms with Crippen LogP contribution in [0, 0.1) is 0 Å². The summed E-state index contributed by atoms with van der Waals surface area (Å²) in [5.41, 5.74) is 0. The van der Waals surface area contributed by atoms with Crippen LogP contribution in [0.3, 0.4) is 0 Å². The van der Waals surface area contributed by atoms with E-state index in [4.69, 9.17) is 11.0 Å². The number of thiophene rings is 1. The molecule has 0 spiro atoms. The first-order chi connectivity index (χ1) is 3.84. The minimum atomic E-state index is 0.0949. The van der Waals surface area contributed by atoms with Crippen LogP contribution in [0.5, 0.6) is 11.5 Å². The molecule has 0 atom stereocenters. The monoisotopic (exact) mass is 131 g/mol. The maximum absolute atomic E-state index is 8.76. The van der Waals surface area contributed by atoms with Gasteiger partial charge in [-0.1, -0.05) is 0 Å². The highest BCUT2D eigenvalue weighted by molar-refractivity contribution is 7.08. The van der Waals surface area contributed by atoms with Crippen LogP contribution in [-0.2, 0) is 0 Å². The maximum atomic E-state index is 8.76. The van der Waals surface area contributed by atoms with Crippen LogP contribution in [0.15, 0.2) is 10.8 Å². The quantitative estimate of drug-likeness (QED) is 0.552. The van der Waals surface area contributed by atoms with Crippen molar-refractivity contribution in [2.45, 2.75) is 0 Å². The average Bonchev–Trinajstić information content (AvgIpc) is 2.14. The van der Waals surface area contributed by atoms with Gasteiger partial charge in [0.25, 0.3) is 0 Å². The molecule has 1 rings (SSSR count). The summed E-state index contributed by atoms with van der Waals surface area (Å²) in [6, 6.07) is 0. The minimum absolute atomic E-state index is 0.0949. The highest BCUT2D eigenvalue weighted by atomic mass is 32.1. The summed E-state index contributed by atoms with van der Waals surface area (Å²) in [4.78, 5) is 4.25. The fourth-order valence-electron chi connectivity index (χ4n) is 0.367. The molecule has 44 valence electrons. The second-order valence-electron chi connectivity index (χ2n) is 1.24. The van der Waals surface area contributed by atoms with E-state index in [2.05, 4.69) is 4.84 Å². The van der Waals surface area contributed by atoms with Crippen molar-refractivity contribution in [3.05, 3.63) is 10.8 Å². The highest BCUT2D eigenvalue weighted by Gasteiger charge is 1.98. The van der Waals surface area contributed by atoms with Crippen molar-refractivity contribution in [3.8, 4) is 11.5 Å². The van der Waals surface area contributed by atoms with Gasteiger partial charge in [-0.05, 0) is 0 Å². The summed E-state index contributed by atoms with van der Waals surface area (Å²) in [6.07, 6.45) is 0. The van der Waals surface area contributed by atoms with Crippen molar-refractivity contribution in [1.82, 2.24) is 0 Å².